The van der Waals surface area contributed by atoms with Gasteiger partial charge in [-0.05, 0) is 31.7 Å². The van der Waals surface area contributed by atoms with E-state index in [0.717, 1.165) is 24.9 Å². The van der Waals surface area contributed by atoms with Crippen LogP contribution in [0.4, 0.5) is 0 Å². The topological polar surface area (TPSA) is 81.9 Å². The van der Waals surface area contributed by atoms with Crippen molar-refractivity contribution in [1.82, 2.24) is 4.90 Å². The van der Waals surface area contributed by atoms with E-state index < -0.39 is 17.6 Å². The quantitative estimate of drug-likeness (QED) is 0.735. The Morgan fingerprint density at radius 1 is 1.35 bits per heavy atom. The Morgan fingerprint density at radius 3 is 2.73 bits per heavy atom. The van der Waals surface area contributed by atoms with Crippen molar-refractivity contribution in [3.8, 4) is 0 Å². The average Bonchev–Trinajstić information content (AvgIpc) is 2.64. The first kappa shape index (κ1) is 19.0. The molecule has 3 aliphatic rings. The highest BCUT2D eigenvalue weighted by molar-refractivity contribution is 5.93. The van der Waals surface area contributed by atoms with Crippen molar-refractivity contribution >= 4 is 11.8 Å². The molecule has 3 saturated heterocycles. The van der Waals surface area contributed by atoms with Gasteiger partial charge in [-0.2, -0.15) is 0 Å². The van der Waals surface area contributed by atoms with Crippen LogP contribution in [0.2, 0.25) is 0 Å². The maximum atomic E-state index is 13.0. The maximum Gasteiger partial charge on any atom is 0.323 e. The van der Waals surface area contributed by atoms with Crippen LogP contribution in [-0.2, 0) is 25.5 Å². The fourth-order valence-electron chi connectivity index (χ4n) is 4.41. The average molecular weight is 360 g/mol. The molecular formula is C20H28N2O4. The second kappa shape index (κ2) is 7.86. The number of Topliss-reactive ketones (excluding diaryl/α,β-unsaturated/α-hetero) is 1. The zero-order valence-corrected chi connectivity index (χ0v) is 15.5. The molecule has 142 valence electrons. The molecule has 5 atom stereocenters. The van der Waals surface area contributed by atoms with E-state index in [1.54, 1.807) is 7.11 Å². The number of methoxy groups -OCH3 is 1. The molecule has 3 aliphatic heterocycles. The molecule has 0 spiro atoms. The molecule has 1 aromatic carbocycles. The third-order valence-electron chi connectivity index (χ3n) is 5.69. The highest BCUT2D eigenvalue weighted by atomic mass is 16.5. The van der Waals surface area contributed by atoms with Gasteiger partial charge in [0.15, 0.2) is 5.78 Å². The summed E-state index contributed by atoms with van der Waals surface area (Å²) in [5.74, 6) is -0.317. The van der Waals surface area contributed by atoms with E-state index in [1.165, 1.54) is 0 Å². The third-order valence-corrected chi connectivity index (χ3v) is 5.69. The summed E-state index contributed by atoms with van der Waals surface area (Å²) in [4.78, 5) is 27.5. The van der Waals surface area contributed by atoms with Crippen LogP contribution in [0.25, 0.3) is 0 Å². The van der Waals surface area contributed by atoms with Gasteiger partial charge in [0.2, 0.25) is 0 Å². The van der Waals surface area contributed by atoms with Crippen LogP contribution in [0.15, 0.2) is 30.3 Å². The SMILES string of the molecule is COC[C@]1(COC(=O)[C@@H](N)Cc2ccccc2)C(=O)[C@H]2CCN1[C@H](C)C2. The molecule has 2 bridgehead atoms. The summed E-state index contributed by atoms with van der Waals surface area (Å²) < 4.78 is 10.9. The van der Waals surface area contributed by atoms with Gasteiger partial charge in [-0.3, -0.25) is 14.5 Å². The lowest BCUT2D eigenvalue weighted by Gasteiger charge is -2.55. The summed E-state index contributed by atoms with van der Waals surface area (Å²) in [6.45, 7) is 3.18. The Morgan fingerprint density at radius 2 is 2.08 bits per heavy atom. The lowest BCUT2D eigenvalue weighted by molar-refractivity contribution is -0.173. The van der Waals surface area contributed by atoms with E-state index in [9.17, 15) is 9.59 Å². The highest BCUT2D eigenvalue weighted by Gasteiger charge is 2.56. The van der Waals surface area contributed by atoms with Crippen LogP contribution in [0.5, 0.6) is 0 Å². The molecule has 2 N–H and O–H groups in total. The number of esters is 1. The molecule has 0 aliphatic carbocycles. The third kappa shape index (κ3) is 3.54. The summed E-state index contributed by atoms with van der Waals surface area (Å²) in [5.41, 5.74) is 6.12. The molecule has 0 radical (unpaired) electrons. The molecule has 3 fully saturated rings. The van der Waals surface area contributed by atoms with Crippen molar-refractivity contribution < 1.29 is 19.1 Å². The van der Waals surface area contributed by atoms with Crippen molar-refractivity contribution in [1.29, 1.82) is 0 Å². The molecule has 0 saturated carbocycles. The van der Waals surface area contributed by atoms with E-state index in [4.69, 9.17) is 15.2 Å². The van der Waals surface area contributed by atoms with Gasteiger partial charge in [0, 0.05) is 25.6 Å². The van der Waals surface area contributed by atoms with Crippen LogP contribution in [0.1, 0.15) is 25.3 Å². The lowest BCUT2D eigenvalue weighted by Crippen LogP contribution is -2.71. The fourth-order valence-corrected chi connectivity index (χ4v) is 4.41. The van der Waals surface area contributed by atoms with Gasteiger partial charge >= 0.3 is 5.97 Å². The Kier molecular flexibility index (Phi) is 5.75. The van der Waals surface area contributed by atoms with Crippen LogP contribution < -0.4 is 5.73 Å². The summed E-state index contributed by atoms with van der Waals surface area (Å²) in [7, 11) is 1.58. The van der Waals surface area contributed by atoms with Gasteiger partial charge in [-0.1, -0.05) is 30.3 Å². The van der Waals surface area contributed by atoms with Gasteiger partial charge in [-0.15, -0.1) is 0 Å². The monoisotopic (exact) mass is 360 g/mol. The number of carbonyl (C=O) groups is 2. The summed E-state index contributed by atoms with van der Waals surface area (Å²) in [6.07, 6.45) is 2.15. The Balaban J connectivity index is 1.67. The van der Waals surface area contributed by atoms with Crippen LogP contribution in [0.3, 0.4) is 0 Å². The van der Waals surface area contributed by atoms with E-state index >= 15 is 0 Å². The molecule has 3 heterocycles. The number of fused-ring (bicyclic) bond motifs is 3. The Hall–Kier alpha value is -1.76. The minimum atomic E-state index is -0.878. The zero-order valence-electron chi connectivity index (χ0n) is 15.5. The predicted molar refractivity (Wildman–Crippen MR) is 97.6 cm³/mol. The molecule has 6 nitrogen and oxygen atoms in total. The van der Waals surface area contributed by atoms with Gasteiger partial charge in [0.1, 0.15) is 18.2 Å². The number of hydrogen-bond donors (Lipinski definition) is 1. The van der Waals surface area contributed by atoms with Gasteiger partial charge in [-0.25, -0.2) is 0 Å². The van der Waals surface area contributed by atoms with Crippen LogP contribution in [-0.4, -0.2) is 61.1 Å². The summed E-state index contributed by atoms with van der Waals surface area (Å²) >= 11 is 0. The number of hydrogen-bond acceptors (Lipinski definition) is 6. The first-order chi connectivity index (χ1) is 12.5. The van der Waals surface area contributed by atoms with Gasteiger partial charge < -0.3 is 15.2 Å². The van der Waals surface area contributed by atoms with Crippen molar-refractivity contribution in [2.75, 3.05) is 26.9 Å². The molecule has 0 amide bonds. The number of carbonyl (C=O) groups excluding carboxylic acids is 2. The number of piperidine rings is 3. The minimum Gasteiger partial charge on any atom is -0.462 e. The minimum absolute atomic E-state index is 0.00182. The van der Waals surface area contributed by atoms with Crippen molar-refractivity contribution in [3.05, 3.63) is 35.9 Å². The molecule has 26 heavy (non-hydrogen) atoms. The van der Waals surface area contributed by atoms with Gasteiger partial charge in [0.25, 0.3) is 0 Å². The van der Waals surface area contributed by atoms with Crippen LogP contribution in [0, 0.1) is 5.92 Å². The molecule has 0 aromatic heterocycles. The molecule has 1 aromatic rings. The van der Waals surface area contributed by atoms with Crippen molar-refractivity contribution in [3.63, 3.8) is 0 Å². The number of rotatable bonds is 7. The smallest absolute Gasteiger partial charge is 0.323 e. The Bertz CT molecular complexity index is 650. The largest absolute Gasteiger partial charge is 0.462 e. The maximum absolute atomic E-state index is 13.0. The first-order valence-electron chi connectivity index (χ1n) is 9.24. The van der Waals surface area contributed by atoms with E-state index in [1.807, 2.05) is 30.3 Å². The second-order valence-corrected chi connectivity index (χ2v) is 7.50. The summed E-state index contributed by atoms with van der Waals surface area (Å²) in [6, 6.07) is 9.12. The van der Waals surface area contributed by atoms with E-state index in [-0.39, 0.29) is 31.0 Å². The number of benzene rings is 1. The Labute approximate surface area is 154 Å². The zero-order chi connectivity index (χ0) is 18.7. The molecular weight excluding hydrogens is 332 g/mol. The summed E-state index contributed by atoms with van der Waals surface area (Å²) in [5, 5.41) is 0. The second-order valence-electron chi connectivity index (χ2n) is 7.50. The number of nitrogens with two attached hydrogens (primary N) is 1. The normalized spacial score (nSPS) is 31.7. The lowest BCUT2D eigenvalue weighted by atomic mass is 9.71. The van der Waals surface area contributed by atoms with E-state index in [2.05, 4.69) is 11.8 Å². The van der Waals surface area contributed by atoms with Gasteiger partial charge in [0.05, 0.1) is 6.61 Å². The molecule has 6 heteroatoms. The number of nitrogens with zero attached hydrogens (tertiary/aromatic N) is 1. The molecule has 4 rings (SSSR count). The predicted octanol–water partition coefficient (Wildman–Crippen LogP) is 1.17. The fraction of sp³-hybridized carbons (Fsp3) is 0.600. The van der Waals surface area contributed by atoms with E-state index in [0.29, 0.717) is 6.42 Å². The standard InChI is InChI=1S/C20H28N2O4/c1-14-10-16-8-9-22(14)20(12-25-2,18(16)23)13-26-19(24)17(21)11-15-6-4-3-5-7-15/h3-7,14,16-17H,8-13,21H2,1-2H3/t14-,16+,17+,20+/m1/s1. The number of ether oxygens (including phenoxy) is 2. The highest BCUT2D eigenvalue weighted by Crippen LogP contribution is 2.40. The van der Waals surface area contributed by atoms with Crippen molar-refractivity contribution in [2.24, 2.45) is 11.7 Å². The number of ketones is 1. The van der Waals surface area contributed by atoms with Crippen molar-refractivity contribution in [2.45, 2.75) is 43.8 Å². The first-order valence-corrected chi connectivity index (χ1v) is 9.24. The van der Waals surface area contributed by atoms with Crippen LogP contribution >= 0.6 is 0 Å². The molecule has 1 unspecified atom stereocenters.